The molecule has 2 amide bonds. The van der Waals surface area contributed by atoms with Crippen molar-refractivity contribution >= 4 is 34.8 Å². The Morgan fingerprint density at radius 3 is 2.64 bits per heavy atom. The number of methoxy groups -OCH3 is 1. The highest BCUT2D eigenvalue weighted by Gasteiger charge is 2.23. The fourth-order valence-electron chi connectivity index (χ4n) is 3.13. The Morgan fingerprint density at radius 1 is 1.14 bits per heavy atom. The molecule has 0 saturated carbocycles. The molecule has 1 heterocycles. The largest absolute Gasteiger partial charge is 0.465 e. The molecule has 0 bridgehead atoms. The number of rotatable bonds is 6. The zero-order valence-electron chi connectivity index (χ0n) is 16.0. The number of nitrogens with zero attached hydrogens (tertiary/aromatic N) is 1. The molecule has 1 fully saturated rings. The van der Waals surface area contributed by atoms with Crippen molar-refractivity contribution in [3.63, 3.8) is 0 Å². The molecule has 0 aliphatic carbocycles. The monoisotopic (exact) mass is 381 g/mol. The fourth-order valence-corrected chi connectivity index (χ4v) is 3.13. The second-order valence-corrected chi connectivity index (χ2v) is 6.59. The van der Waals surface area contributed by atoms with Crippen LogP contribution in [0.4, 0.5) is 17.1 Å². The number of esters is 1. The third-order valence-electron chi connectivity index (χ3n) is 4.64. The van der Waals surface area contributed by atoms with Crippen LogP contribution in [0.5, 0.6) is 0 Å². The van der Waals surface area contributed by atoms with Gasteiger partial charge in [-0.2, -0.15) is 0 Å². The molecule has 0 aromatic heterocycles. The molecule has 3 rings (SSSR count). The van der Waals surface area contributed by atoms with E-state index in [0.717, 1.165) is 23.4 Å². The summed E-state index contributed by atoms with van der Waals surface area (Å²) in [7, 11) is 1.31. The maximum absolute atomic E-state index is 12.4. The summed E-state index contributed by atoms with van der Waals surface area (Å²) >= 11 is 0. The van der Waals surface area contributed by atoms with E-state index in [2.05, 4.69) is 10.6 Å². The van der Waals surface area contributed by atoms with Gasteiger partial charge in [-0.15, -0.1) is 0 Å². The number of carbonyl (C=O) groups is 3. The van der Waals surface area contributed by atoms with Crippen LogP contribution in [0, 0.1) is 6.92 Å². The van der Waals surface area contributed by atoms with E-state index in [1.54, 1.807) is 23.1 Å². The first-order valence-electron chi connectivity index (χ1n) is 9.11. The van der Waals surface area contributed by atoms with Crippen LogP contribution < -0.4 is 15.5 Å². The molecule has 0 unspecified atom stereocenters. The van der Waals surface area contributed by atoms with Crippen LogP contribution in [0.15, 0.2) is 42.5 Å². The molecule has 146 valence electrons. The van der Waals surface area contributed by atoms with E-state index in [1.165, 1.54) is 7.11 Å². The van der Waals surface area contributed by atoms with Crippen LogP contribution in [0.1, 0.15) is 28.8 Å². The number of nitrogens with one attached hydrogen (secondary N) is 2. The number of aryl methyl sites for hydroxylation is 1. The Kier molecular flexibility index (Phi) is 5.93. The Hall–Kier alpha value is -3.35. The molecule has 1 saturated heterocycles. The minimum absolute atomic E-state index is 0.0287. The van der Waals surface area contributed by atoms with Crippen LogP contribution >= 0.6 is 0 Å². The predicted molar refractivity (Wildman–Crippen MR) is 108 cm³/mol. The Labute approximate surface area is 163 Å². The average molecular weight is 381 g/mol. The van der Waals surface area contributed by atoms with E-state index in [0.29, 0.717) is 24.2 Å². The molecular weight excluding hydrogens is 358 g/mol. The summed E-state index contributed by atoms with van der Waals surface area (Å²) in [4.78, 5) is 37.9. The van der Waals surface area contributed by atoms with Gasteiger partial charge in [-0.05, 0) is 43.2 Å². The topological polar surface area (TPSA) is 87.7 Å². The van der Waals surface area contributed by atoms with Gasteiger partial charge in [-0.1, -0.05) is 18.2 Å². The van der Waals surface area contributed by atoms with Crippen molar-refractivity contribution in [2.45, 2.75) is 19.8 Å². The first kappa shape index (κ1) is 19.4. The lowest BCUT2D eigenvalue weighted by Gasteiger charge is -2.20. The van der Waals surface area contributed by atoms with Crippen molar-refractivity contribution in [1.82, 2.24) is 0 Å². The van der Waals surface area contributed by atoms with E-state index in [1.807, 2.05) is 31.2 Å². The van der Waals surface area contributed by atoms with Crippen molar-refractivity contribution in [3.8, 4) is 0 Å². The van der Waals surface area contributed by atoms with E-state index < -0.39 is 5.97 Å². The molecule has 1 aliphatic rings. The molecule has 0 radical (unpaired) electrons. The molecule has 7 heteroatoms. The summed E-state index contributed by atoms with van der Waals surface area (Å²) in [5.41, 5.74) is 3.27. The van der Waals surface area contributed by atoms with Gasteiger partial charge in [0.15, 0.2) is 0 Å². The van der Waals surface area contributed by atoms with Gasteiger partial charge in [0, 0.05) is 18.7 Å². The van der Waals surface area contributed by atoms with Crippen molar-refractivity contribution in [2.24, 2.45) is 0 Å². The number of ether oxygens (including phenoxy) is 1. The molecule has 1 aliphatic heterocycles. The Bertz CT molecular complexity index is 910. The number of hydrogen-bond acceptors (Lipinski definition) is 5. The molecule has 0 spiro atoms. The predicted octanol–water partition coefficient (Wildman–Crippen LogP) is 2.96. The van der Waals surface area contributed by atoms with Gasteiger partial charge >= 0.3 is 5.97 Å². The molecule has 2 N–H and O–H groups in total. The number of carbonyl (C=O) groups excluding carboxylic acids is 3. The second-order valence-electron chi connectivity index (χ2n) is 6.59. The first-order valence-corrected chi connectivity index (χ1v) is 9.11. The van der Waals surface area contributed by atoms with E-state index >= 15 is 0 Å². The van der Waals surface area contributed by atoms with Crippen LogP contribution in [-0.2, 0) is 14.3 Å². The zero-order valence-corrected chi connectivity index (χ0v) is 16.0. The highest BCUT2D eigenvalue weighted by Crippen LogP contribution is 2.29. The molecule has 2 aromatic rings. The number of hydrogen-bond donors (Lipinski definition) is 2. The second kappa shape index (κ2) is 8.56. The molecule has 28 heavy (non-hydrogen) atoms. The van der Waals surface area contributed by atoms with E-state index in [4.69, 9.17) is 4.74 Å². The lowest BCUT2D eigenvalue weighted by Crippen LogP contribution is -2.27. The maximum Gasteiger partial charge on any atom is 0.337 e. The van der Waals surface area contributed by atoms with Gasteiger partial charge in [0.2, 0.25) is 11.8 Å². The summed E-state index contributed by atoms with van der Waals surface area (Å²) < 4.78 is 4.72. The summed E-state index contributed by atoms with van der Waals surface area (Å²) in [6, 6.07) is 12.4. The number of benzene rings is 2. The fraction of sp³-hybridized carbons (Fsp3) is 0.286. The van der Waals surface area contributed by atoms with Crippen LogP contribution in [0.2, 0.25) is 0 Å². The summed E-state index contributed by atoms with van der Waals surface area (Å²) in [6.45, 7) is 2.56. The van der Waals surface area contributed by atoms with Gasteiger partial charge in [-0.3, -0.25) is 9.59 Å². The SMILES string of the molecule is COC(=O)c1ccc(C)c(NC(=O)CNc2ccccc2N2CCCC2=O)c1. The summed E-state index contributed by atoms with van der Waals surface area (Å²) in [5.74, 6) is -0.626. The van der Waals surface area contributed by atoms with Crippen LogP contribution in [-0.4, -0.2) is 38.0 Å². The Balaban J connectivity index is 1.67. The van der Waals surface area contributed by atoms with Crippen molar-refractivity contribution < 1.29 is 19.1 Å². The van der Waals surface area contributed by atoms with Crippen molar-refractivity contribution in [1.29, 1.82) is 0 Å². The average Bonchev–Trinajstić information content (AvgIpc) is 3.13. The van der Waals surface area contributed by atoms with Crippen LogP contribution in [0.3, 0.4) is 0 Å². The summed E-state index contributed by atoms with van der Waals surface area (Å²) in [5, 5.41) is 5.91. The lowest BCUT2D eigenvalue weighted by molar-refractivity contribution is -0.117. The quantitative estimate of drug-likeness (QED) is 0.751. The normalized spacial score (nSPS) is 13.4. The van der Waals surface area contributed by atoms with Crippen molar-refractivity contribution in [3.05, 3.63) is 53.6 Å². The highest BCUT2D eigenvalue weighted by molar-refractivity contribution is 6.00. The molecule has 7 nitrogen and oxygen atoms in total. The van der Waals surface area contributed by atoms with E-state index in [9.17, 15) is 14.4 Å². The van der Waals surface area contributed by atoms with Crippen LogP contribution in [0.25, 0.3) is 0 Å². The zero-order chi connectivity index (χ0) is 20.1. The van der Waals surface area contributed by atoms with Gasteiger partial charge in [-0.25, -0.2) is 4.79 Å². The Morgan fingerprint density at radius 2 is 1.93 bits per heavy atom. The number of para-hydroxylation sites is 2. The standard InChI is InChI=1S/C21H23N3O4/c1-14-9-10-15(21(27)28-2)12-17(14)23-19(25)13-22-16-6-3-4-7-18(16)24-11-5-8-20(24)26/h3-4,6-7,9-10,12,22H,5,8,11,13H2,1-2H3,(H,23,25). The van der Waals surface area contributed by atoms with E-state index in [-0.39, 0.29) is 18.4 Å². The summed E-state index contributed by atoms with van der Waals surface area (Å²) in [6.07, 6.45) is 1.38. The first-order chi connectivity index (χ1) is 13.5. The molecule has 0 atom stereocenters. The maximum atomic E-state index is 12.4. The van der Waals surface area contributed by atoms with Gasteiger partial charge in [0.25, 0.3) is 0 Å². The minimum atomic E-state index is -0.460. The highest BCUT2D eigenvalue weighted by atomic mass is 16.5. The number of anilines is 3. The molecule has 2 aromatic carbocycles. The van der Waals surface area contributed by atoms with Gasteiger partial charge < -0.3 is 20.3 Å². The third kappa shape index (κ3) is 4.31. The lowest BCUT2D eigenvalue weighted by atomic mass is 10.1. The van der Waals surface area contributed by atoms with Gasteiger partial charge in [0.1, 0.15) is 0 Å². The molecular formula is C21H23N3O4. The third-order valence-corrected chi connectivity index (χ3v) is 4.64. The number of amides is 2. The minimum Gasteiger partial charge on any atom is -0.465 e. The van der Waals surface area contributed by atoms with Crippen molar-refractivity contribution in [2.75, 3.05) is 35.7 Å². The smallest absolute Gasteiger partial charge is 0.337 e. The van der Waals surface area contributed by atoms with Gasteiger partial charge in [0.05, 0.1) is 30.6 Å².